The quantitative estimate of drug-likeness (QED) is 0.676. The van der Waals surface area contributed by atoms with E-state index in [1.54, 1.807) is 4.90 Å². The number of hydrogen-bond donors (Lipinski definition) is 2. The minimum absolute atomic E-state index is 0.128. The SMILES string of the molecule is CCCOC(=O)C(C)(C)CNCC1CN(C(=O)OC(C)(C)C)CCN1. The lowest BCUT2D eigenvalue weighted by Gasteiger charge is -2.35. The van der Waals surface area contributed by atoms with Crippen LogP contribution in [0, 0.1) is 5.41 Å². The van der Waals surface area contributed by atoms with Gasteiger partial charge in [-0.3, -0.25) is 4.79 Å². The van der Waals surface area contributed by atoms with Crippen molar-refractivity contribution in [2.45, 2.75) is 59.6 Å². The van der Waals surface area contributed by atoms with Crippen molar-refractivity contribution in [2.75, 3.05) is 39.3 Å². The van der Waals surface area contributed by atoms with Crippen molar-refractivity contribution in [1.82, 2.24) is 15.5 Å². The van der Waals surface area contributed by atoms with Crippen LogP contribution in [0.15, 0.2) is 0 Å². The van der Waals surface area contributed by atoms with Gasteiger partial charge in [0.15, 0.2) is 0 Å². The summed E-state index contributed by atoms with van der Waals surface area (Å²) in [5.74, 6) is -0.186. The highest BCUT2D eigenvalue weighted by molar-refractivity contribution is 5.76. The van der Waals surface area contributed by atoms with Gasteiger partial charge in [0, 0.05) is 38.8 Å². The fourth-order valence-corrected chi connectivity index (χ4v) is 2.48. The smallest absolute Gasteiger partial charge is 0.410 e. The molecule has 0 aromatic heterocycles. The number of amides is 1. The molecule has 146 valence electrons. The molecule has 1 atom stereocenters. The van der Waals surface area contributed by atoms with Crippen molar-refractivity contribution in [1.29, 1.82) is 0 Å². The molecule has 25 heavy (non-hydrogen) atoms. The Morgan fingerprint density at radius 1 is 1.24 bits per heavy atom. The molecule has 7 heteroatoms. The summed E-state index contributed by atoms with van der Waals surface area (Å²) in [7, 11) is 0. The summed E-state index contributed by atoms with van der Waals surface area (Å²) in [5.41, 5.74) is -1.06. The van der Waals surface area contributed by atoms with Gasteiger partial charge in [-0.25, -0.2) is 4.79 Å². The van der Waals surface area contributed by atoms with E-state index in [1.807, 2.05) is 41.5 Å². The van der Waals surface area contributed by atoms with Crippen LogP contribution in [0.4, 0.5) is 4.79 Å². The molecular formula is C18H35N3O4. The highest BCUT2D eigenvalue weighted by Gasteiger charge is 2.30. The predicted octanol–water partition coefficient (Wildman–Crippen LogP) is 1.76. The standard InChI is InChI=1S/C18H35N3O4/c1-7-10-24-15(22)18(5,6)13-19-11-14-12-21(9-8-20-14)16(23)25-17(2,3)4/h14,19-20H,7-13H2,1-6H3. The molecule has 1 aliphatic rings. The molecule has 1 aliphatic heterocycles. The van der Waals surface area contributed by atoms with Gasteiger partial charge in [0.1, 0.15) is 5.60 Å². The number of rotatable bonds is 7. The monoisotopic (exact) mass is 357 g/mol. The van der Waals surface area contributed by atoms with Gasteiger partial charge in [-0.2, -0.15) is 0 Å². The molecule has 0 aliphatic carbocycles. The average Bonchev–Trinajstić information content (AvgIpc) is 2.51. The molecule has 1 unspecified atom stereocenters. The number of carbonyl (C=O) groups excluding carboxylic acids is 2. The number of piperazine rings is 1. The zero-order valence-corrected chi connectivity index (χ0v) is 16.6. The molecule has 0 aromatic carbocycles. The van der Waals surface area contributed by atoms with Crippen LogP contribution in [0.1, 0.15) is 48.0 Å². The first kappa shape index (κ1) is 21.7. The maximum Gasteiger partial charge on any atom is 0.410 e. The molecule has 0 spiro atoms. The molecule has 2 N–H and O–H groups in total. The lowest BCUT2D eigenvalue weighted by atomic mass is 9.93. The first-order valence-corrected chi connectivity index (χ1v) is 9.14. The molecule has 0 aromatic rings. The minimum atomic E-state index is -0.575. The average molecular weight is 357 g/mol. The fourth-order valence-electron chi connectivity index (χ4n) is 2.48. The second-order valence-corrected chi connectivity index (χ2v) is 8.23. The van der Waals surface area contributed by atoms with E-state index in [9.17, 15) is 9.59 Å². The second kappa shape index (κ2) is 9.38. The Balaban J connectivity index is 2.39. The zero-order valence-electron chi connectivity index (χ0n) is 16.6. The number of ether oxygens (including phenoxy) is 2. The number of nitrogens with one attached hydrogen (secondary N) is 2. The number of esters is 1. The van der Waals surface area contributed by atoms with Gasteiger partial charge < -0.3 is 25.0 Å². The van der Waals surface area contributed by atoms with Crippen LogP contribution in [0.3, 0.4) is 0 Å². The molecule has 1 fully saturated rings. The Labute approximate surface area is 151 Å². The van der Waals surface area contributed by atoms with E-state index in [1.165, 1.54) is 0 Å². The Hall–Kier alpha value is -1.34. The zero-order chi connectivity index (χ0) is 19.1. The van der Waals surface area contributed by atoms with Gasteiger partial charge in [-0.1, -0.05) is 6.92 Å². The number of hydrogen-bond acceptors (Lipinski definition) is 6. The van der Waals surface area contributed by atoms with Crippen molar-refractivity contribution in [3.05, 3.63) is 0 Å². The minimum Gasteiger partial charge on any atom is -0.465 e. The van der Waals surface area contributed by atoms with E-state index in [0.717, 1.165) is 13.0 Å². The summed E-state index contributed by atoms with van der Waals surface area (Å²) in [6.07, 6.45) is 0.546. The van der Waals surface area contributed by atoms with Crippen LogP contribution in [0.2, 0.25) is 0 Å². The number of nitrogens with zero attached hydrogens (tertiary/aromatic N) is 1. The summed E-state index contributed by atoms with van der Waals surface area (Å²) in [5, 5.41) is 6.71. The van der Waals surface area contributed by atoms with Crippen LogP contribution in [-0.2, 0) is 14.3 Å². The van der Waals surface area contributed by atoms with Crippen LogP contribution in [0.5, 0.6) is 0 Å². The maximum absolute atomic E-state index is 12.2. The first-order valence-electron chi connectivity index (χ1n) is 9.14. The van der Waals surface area contributed by atoms with Crippen molar-refractivity contribution in [2.24, 2.45) is 5.41 Å². The van der Waals surface area contributed by atoms with E-state index in [2.05, 4.69) is 10.6 Å². The van der Waals surface area contributed by atoms with Gasteiger partial charge in [0.2, 0.25) is 0 Å². The van der Waals surface area contributed by atoms with E-state index >= 15 is 0 Å². The molecule has 0 bridgehead atoms. The van der Waals surface area contributed by atoms with Crippen LogP contribution < -0.4 is 10.6 Å². The third-order valence-corrected chi connectivity index (χ3v) is 3.85. The highest BCUT2D eigenvalue weighted by atomic mass is 16.6. The predicted molar refractivity (Wildman–Crippen MR) is 97.5 cm³/mol. The summed E-state index contributed by atoms with van der Waals surface area (Å²) >= 11 is 0. The molecule has 1 heterocycles. The van der Waals surface area contributed by atoms with E-state index < -0.39 is 11.0 Å². The largest absolute Gasteiger partial charge is 0.465 e. The molecule has 0 radical (unpaired) electrons. The van der Waals surface area contributed by atoms with Crippen molar-refractivity contribution < 1.29 is 19.1 Å². The molecular weight excluding hydrogens is 322 g/mol. The molecule has 1 amide bonds. The second-order valence-electron chi connectivity index (χ2n) is 8.23. The molecule has 0 saturated carbocycles. The van der Waals surface area contributed by atoms with Crippen LogP contribution >= 0.6 is 0 Å². The molecule has 7 nitrogen and oxygen atoms in total. The van der Waals surface area contributed by atoms with Crippen molar-refractivity contribution >= 4 is 12.1 Å². The normalized spacial score (nSPS) is 18.8. The Kier molecular flexibility index (Phi) is 8.15. The molecule has 1 saturated heterocycles. The van der Waals surface area contributed by atoms with E-state index in [0.29, 0.717) is 32.8 Å². The van der Waals surface area contributed by atoms with Gasteiger partial charge in [0.05, 0.1) is 12.0 Å². The van der Waals surface area contributed by atoms with Crippen LogP contribution in [0.25, 0.3) is 0 Å². The van der Waals surface area contributed by atoms with Crippen molar-refractivity contribution in [3.8, 4) is 0 Å². The first-order chi connectivity index (χ1) is 11.5. The summed E-state index contributed by atoms with van der Waals surface area (Å²) in [6.45, 7) is 14.9. The van der Waals surface area contributed by atoms with Crippen molar-refractivity contribution in [3.63, 3.8) is 0 Å². The van der Waals surface area contributed by atoms with E-state index in [-0.39, 0.29) is 18.1 Å². The van der Waals surface area contributed by atoms with Gasteiger partial charge >= 0.3 is 12.1 Å². The van der Waals surface area contributed by atoms with Gasteiger partial charge in [0.25, 0.3) is 0 Å². The summed E-state index contributed by atoms with van der Waals surface area (Å²) < 4.78 is 10.7. The topological polar surface area (TPSA) is 79.9 Å². The Morgan fingerprint density at radius 2 is 1.92 bits per heavy atom. The summed E-state index contributed by atoms with van der Waals surface area (Å²) in [6, 6.07) is 0.128. The highest BCUT2D eigenvalue weighted by Crippen LogP contribution is 2.16. The van der Waals surface area contributed by atoms with Gasteiger partial charge in [-0.05, 0) is 41.0 Å². The lowest BCUT2D eigenvalue weighted by molar-refractivity contribution is -0.153. The Bertz CT molecular complexity index is 446. The fraction of sp³-hybridized carbons (Fsp3) is 0.889. The van der Waals surface area contributed by atoms with Gasteiger partial charge in [-0.15, -0.1) is 0 Å². The van der Waals surface area contributed by atoms with Crippen LogP contribution in [-0.4, -0.2) is 67.9 Å². The third-order valence-electron chi connectivity index (χ3n) is 3.85. The number of carbonyl (C=O) groups is 2. The Morgan fingerprint density at radius 3 is 2.52 bits per heavy atom. The summed E-state index contributed by atoms with van der Waals surface area (Å²) in [4.78, 5) is 25.9. The van der Waals surface area contributed by atoms with E-state index in [4.69, 9.17) is 9.47 Å². The molecule has 1 rings (SSSR count). The lowest BCUT2D eigenvalue weighted by Crippen LogP contribution is -2.57. The maximum atomic E-state index is 12.2. The third kappa shape index (κ3) is 8.05.